The smallest absolute Gasteiger partial charge is 0.314 e. The lowest BCUT2D eigenvalue weighted by molar-refractivity contribution is -0.0942. The quantitative estimate of drug-likeness (QED) is 0.0751. The lowest BCUT2D eigenvalue weighted by Crippen LogP contribution is -2.39. The molecule has 1 fully saturated rings. The van der Waals surface area contributed by atoms with E-state index in [-0.39, 0.29) is 18.7 Å². The van der Waals surface area contributed by atoms with Crippen LogP contribution in [0.4, 0.5) is 4.79 Å². The third-order valence-corrected chi connectivity index (χ3v) is 5.66. The maximum atomic E-state index is 11.6. The van der Waals surface area contributed by atoms with Gasteiger partial charge in [-0.2, -0.15) is 0 Å². The van der Waals surface area contributed by atoms with Gasteiger partial charge in [0, 0.05) is 32.8 Å². The molecule has 252 valence electrons. The summed E-state index contributed by atoms with van der Waals surface area (Å²) in [5.74, 6) is 0. The fourth-order valence-electron chi connectivity index (χ4n) is 3.38. The van der Waals surface area contributed by atoms with E-state index in [0.29, 0.717) is 112 Å². The predicted octanol–water partition coefficient (Wildman–Crippen LogP) is 0.0693. The second-order valence-corrected chi connectivity index (χ2v) is 9.27. The molecule has 0 aliphatic carbocycles. The van der Waals surface area contributed by atoms with E-state index >= 15 is 0 Å². The van der Waals surface area contributed by atoms with E-state index in [1.54, 1.807) is 0 Å². The molecular weight excluding hydrogens is 554 g/mol. The summed E-state index contributed by atoms with van der Waals surface area (Å²) in [6.45, 7) is 11.6. The maximum absolute atomic E-state index is 11.6. The average Bonchev–Trinajstić information content (AvgIpc) is 3.00. The summed E-state index contributed by atoms with van der Waals surface area (Å²) >= 11 is 0. The minimum absolute atomic E-state index is 0.0683. The number of amides is 2. The normalized spacial score (nSPS) is 16.6. The van der Waals surface area contributed by atoms with Crippen molar-refractivity contribution in [3.05, 3.63) is 0 Å². The molecule has 0 aromatic rings. The monoisotopic (exact) mass is 613 g/mol. The molecule has 1 heterocycles. The number of hydrogen-bond acceptors (Lipinski definition) is 12. The van der Waals surface area contributed by atoms with Crippen molar-refractivity contribution in [1.82, 2.24) is 10.6 Å². The summed E-state index contributed by atoms with van der Waals surface area (Å²) in [6, 6.07) is -0.238. The maximum Gasteiger partial charge on any atom is 0.314 e. The van der Waals surface area contributed by atoms with Crippen molar-refractivity contribution in [2.75, 3.05) is 125 Å². The number of rotatable bonds is 28. The van der Waals surface area contributed by atoms with Crippen molar-refractivity contribution in [3.63, 3.8) is 0 Å². The first-order valence-electron chi connectivity index (χ1n) is 15.3. The van der Waals surface area contributed by atoms with E-state index in [1.165, 1.54) is 12.8 Å². The Morgan fingerprint density at radius 1 is 0.738 bits per heavy atom. The zero-order valence-electron chi connectivity index (χ0n) is 25.8. The highest BCUT2D eigenvalue weighted by atomic mass is 16.6. The van der Waals surface area contributed by atoms with Gasteiger partial charge in [-0.15, -0.1) is 0 Å². The van der Waals surface area contributed by atoms with E-state index in [1.807, 2.05) is 0 Å². The molecule has 1 aliphatic heterocycles. The molecule has 6 N–H and O–H groups in total. The van der Waals surface area contributed by atoms with Crippen LogP contribution in [0.1, 0.15) is 39.0 Å². The molecule has 14 nitrogen and oxygen atoms in total. The Bertz CT molecular complexity index is 553. The molecule has 2 unspecified atom stereocenters. The van der Waals surface area contributed by atoms with Crippen LogP contribution in [0.3, 0.4) is 0 Å². The van der Waals surface area contributed by atoms with Crippen LogP contribution in [0.25, 0.3) is 0 Å². The van der Waals surface area contributed by atoms with E-state index < -0.39 is 6.10 Å². The van der Waals surface area contributed by atoms with Crippen LogP contribution in [0, 0.1) is 0 Å². The molecule has 2 amide bonds. The molecule has 0 bridgehead atoms. The van der Waals surface area contributed by atoms with Gasteiger partial charge in [0.2, 0.25) is 0 Å². The average molecular weight is 614 g/mol. The second-order valence-electron chi connectivity index (χ2n) is 9.27. The number of unbranched alkanes of at least 4 members (excludes halogenated alkanes) is 2. The molecule has 14 heteroatoms. The van der Waals surface area contributed by atoms with Gasteiger partial charge in [-0.25, -0.2) is 4.79 Å². The minimum atomic E-state index is -0.455. The van der Waals surface area contributed by atoms with Crippen LogP contribution in [-0.2, 0) is 37.9 Å². The highest BCUT2D eigenvalue weighted by Crippen LogP contribution is 2.12. The number of carbonyl (C=O) groups is 1. The minimum Gasteiger partial charge on any atom is -0.394 e. The van der Waals surface area contributed by atoms with Gasteiger partial charge in [0.25, 0.3) is 0 Å². The lowest BCUT2D eigenvalue weighted by Gasteiger charge is -2.25. The summed E-state index contributed by atoms with van der Waals surface area (Å²) < 4.78 is 42.6. The second kappa shape index (κ2) is 34.3. The third kappa shape index (κ3) is 30.3. The van der Waals surface area contributed by atoms with Crippen LogP contribution < -0.4 is 16.4 Å². The van der Waals surface area contributed by atoms with Gasteiger partial charge in [0.15, 0.2) is 0 Å². The molecule has 0 aromatic carbocycles. The fraction of sp³-hybridized carbons (Fsp3) is 0.964. The number of aliphatic hydroxyl groups excluding tert-OH is 2. The van der Waals surface area contributed by atoms with Crippen molar-refractivity contribution in [2.24, 2.45) is 5.73 Å². The van der Waals surface area contributed by atoms with Crippen molar-refractivity contribution >= 4 is 6.03 Å². The molecule has 1 rings (SSSR count). The lowest BCUT2D eigenvalue weighted by atomic mass is 10.1. The zero-order valence-corrected chi connectivity index (χ0v) is 25.8. The summed E-state index contributed by atoms with van der Waals surface area (Å²) in [5.41, 5.74) is 5.31. The van der Waals surface area contributed by atoms with Gasteiger partial charge < -0.3 is 64.5 Å². The predicted molar refractivity (Wildman–Crippen MR) is 158 cm³/mol. The summed E-state index contributed by atoms with van der Waals surface area (Å²) in [4.78, 5) is 11.6. The standard InChI is InChI=1S/C22H47N3O8.C6H12O3/c1-2-3-4-8-27-12-14-29-10-6-24-22(26)25-7-11-30-15-17-32-19-21-33-20-18-31-16-13-28-9-5-23;7-4-6-5(8)2-1-3-9-6/h2-21,23H2,1H3,(H2,24,25,26);5-8H,1-4H2. The molecule has 0 spiro atoms. The van der Waals surface area contributed by atoms with Crippen LogP contribution in [0.5, 0.6) is 0 Å². The largest absolute Gasteiger partial charge is 0.394 e. The Balaban J connectivity index is 0.00000157. The zero-order chi connectivity index (χ0) is 30.8. The molecule has 0 aromatic heterocycles. The van der Waals surface area contributed by atoms with E-state index in [9.17, 15) is 4.79 Å². The van der Waals surface area contributed by atoms with Gasteiger partial charge >= 0.3 is 6.03 Å². The van der Waals surface area contributed by atoms with Crippen molar-refractivity contribution in [3.8, 4) is 0 Å². The number of hydrogen-bond donors (Lipinski definition) is 5. The van der Waals surface area contributed by atoms with Gasteiger partial charge in [-0.1, -0.05) is 19.8 Å². The number of nitrogens with one attached hydrogen (secondary N) is 2. The molecule has 1 saturated heterocycles. The highest BCUT2D eigenvalue weighted by Gasteiger charge is 2.22. The molecule has 0 radical (unpaired) electrons. The molecule has 0 saturated carbocycles. The SMILES string of the molecule is CCCCCOCCOCCNC(=O)NCCOCCOCCOCCOCCOCCN.OCC1OCCCC1O. The van der Waals surface area contributed by atoms with Crippen molar-refractivity contribution < 1.29 is 52.9 Å². The topological polar surface area (TPSA) is 181 Å². The fourth-order valence-corrected chi connectivity index (χ4v) is 3.38. The number of aliphatic hydroxyl groups is 2. The first kappa shape index (κ1) is 40.8. The number of urea groups is 1. The highest BCUT2D eigenvalue weighted by molar-refractivity contribution is 5.73. The summed E-state index contributed by atoms with van der Waals surface area (Å²) in [6.07, 6.45) is 4.34. The first-order valence-corrected chi connectivity index (χ1v) is 15.3. The Labute approximate surface area is 252 Å². The van der Waals surface area contributed by atoms with Crippen molar-refractivity contribution in [1.29, 1.82) is 0 Å². The first-order chi connectivity index (χ1) is 20.7. The summed E-state index contributed by atoms with van der Waals surface area (Å²) in [7, 11) is 0. The van der Waals surface area contributed by atoms with Crippen LogP contribution in [0.2, 0.25) is 0 Å². The van der Waals surface area contributed by atoms with E-state index in [4.69, 9.17) is 53.8 Å². The molecule has 2 atom stereocenters. The van der Waals surface area contributed by atoms with Gasteiger partial charge in [-0.3, -0.25) is 0 Å². The Morgan fingerprint density at radius 2 is 1.19 bits per heavy atom. The van der Waals surface area contributed by atoms with Gasteiger partial charge in [0.1, 0.15) is 6.10 Å². The Morgan fingerprint density at radius 3 is 1.60 bits per heavy atom. The van der Waals surface area contributed by atoms with Crippen LogP contribution in [0.15, 0.2) is 0 Å². The van der Waals surface area contributed by atoms with Crippen LogP contribution in [-0.4, -0.2) is 154 Å². The number of nitrogens with two attached hydrogens (primary N) is 1. The van der Waals surface area contributed by atoms with Gasteiger partial charge in [-0.05, 0) is 19.3 Å². The Kier molecular flexibility index (Phi) is 33.4. The van der Waals surface area contributed by atoms with Crippen molar-refractivity contribution in [2.45, 2.75) is 51.2 Å². The number of carbonyl (C=O) groups excluding carboxylic acids is 1. The van der Waals surface area contributed by atoms with E-state index in [2.05, 4.69) is 17.6 Å². The molecule has 42 heavy (non-hydrogen) atoms. The Hall–Kier alpha value is -1.17. The molecule has 1 aliphatic rings. The van der Waals surface area contributed by atoms with Crippen LogP contribution >= 0.6 is 0 Å². The molecular formula is C28H59N3O11. The third-order valence-electron chi connectivity index (χ3n) is 5.66. The van der Waals surface area contributed by atoms with Gasteiger partial charge in [0.05, 0.1) is 98.6 Å². The summed E-state index contributed by atoms with van der Waals surface area (Å²) in [5, 5.41) is 23.1. The number of ether oxygens (including phenoxy) is 8. The van der Waals surface area contributed by atoms with E-state index in [0.717, 1.165) is 25.9 Å².